The van der Waals surface area contributed by atoms with Gasteiger partial charge >= 0.3 is 0 Å². The van der Waals surface area contributed by atoms with Crippen LogP contribution < -0.4 is 10.2 Å². The second-order valence-corrected chi connectivity index (χ2v) is 7.71. The van der Waals surface area contributed by atoms with Crippen LogP contribution in [0.1, 0.15) is 16.3 Å². The van der Waals surface area contributed by atoms with Gasteiger partial charge in [0.15, 0.2) is 0 Å². The van der Waals surface area contributed by atoms with Crippen molar-refractivity contribution in [2.45, 2.75) is 12.8 Å². The number of nitrogens with one attached hydrogen (secondary N) is 1. The number of benzene rings is 2. The smallest absolute Gasteiger partial charge is 0.230 e. The Labute approximate surface area is 169 Å². The first kappa shape index (κ1) is 18.7. The number of ether oxygens (including phenoxy) is 1. The Balaban J connectivity index is 1.30. The van der Waals surface area contributed by atoms with Gasteiger partial charge in [0.25, 0.3) is 0 Å². The molecule has 5 nitrogen and oxygen atoms in total. The van der Waals surface area contributed by atoms with E-state index >= 15 is 0 Å². The number of rotatable bonds is 6. The molecule has 3 aromatic rings. The van der Waals surface area contributed by atoms with Crippen molar-refractivity contribution in [1.29, 1.82) is 0 Å². The molecule has 4 rings (SSSR count). The van der Waals surface area contributed by atoms with Crippen LogP contribution in [0.5, 0.6) is 0 Å². The summed E-state index contributed by atoms with van der Waals surface area (Å²) in [6.07, 6.45) is 1.09. The molecule has 0 bridgehead atoms. The molecular weight excluding hydrogens is 370 g/mol. The van der Waals surface area contributed by atoms with Crippen molar-refractivity contribution in [3.8, 4) is 0 Å². The molecule has 2 heterocycles. The van der Waals surface area contributed by atoms with Crippen molar-refractivity contribution in [2.75, 3.05) is 36.5 Å². The Kier molecular flexibility index (Phi) is 5.99. The maximum Gasteiger partial charge on any atom is 0.230 e. The van der Waals surface area contributed by atoms with E-state index in [0.29, 0.717) is 0 Å². The summed E-state index contributed by atoms with van der Waals surface area (Å²) in [6, 6.07) is 18.2. The van der Waals surface area contributed by atoms with Gasteiger partial charge in [-0.2, -0.15) is 0 Å². The summed E-state index contributed by atoms with van der Waals surface area (Å²) in [5.41, 5.74) is 4.01. The number of anilines is 2. The zero-order valence-corrected chi connectivity index (χ0v) is 16.5. The maximum atomic E-state index is 12.4. The van der Waals surface area contributed by atoms with Crippen LogP contribution in [0.15, 0.2) is 60.0 Å². The quantitative estimate of drug-likeness (QED) is 0.693. The van der Waals surface area contributed by atoms with Crippen LogP contribution >= 0.6 is 11.3 Å². The van der Waals surface area contributed by atoms with E-state index in [0.717, 1.165) is 54.8 Å². The topological polar surface area (TPSA) is 54.5 Å². The average molecular weight is 394 g/mol. The lowest BCUT2D eigenvalue weighted by molar-refractivity contribution is -0.115. The molecule has 0 aliphatic carbocycles. The molecule has 1 fully saturated rings. The lowest BCUT2D eigenvalue weighted by atomic mass is 10.2. The van der Waals surface area contributed by atoms with E-state index in [1.54, 1.807) is 11.3 Å². The largest absolute Gasteiger partial charge is 0.378 e. The highest BCUT2D eigenvalue weighted by molar-refractivity contribution is 7.09. The first-order valence-electron chi connectivity index (χ1n) is 9.46. The van der Waals surface area contributed by atoms with Crippen LogP contribution in [0, 0.1) is 0 Å². The normalized spacial score (nSPS) is 14.1. The van der Waals surface area contributed by atoms with Gasteiger partial charge in [0.05, 0.1) is 30.3 Å². The molecule has 0 radical (unpaired) electrons. The Morgan fingerprint density at radius 2 is 1.82 bits per heavy atom. The molecule has 2 aromatic carbocycles. The second kappa shape index (κ2) is 8.99. The summed E-state index contributed by atoms with van der Waals surface area (Å²) in [5, 5.41) is 5.96. The Hall–Kier alpha value is -2.70. The van der Waals surface area contributed by atoms with Crippen molar-refractivity contribution in [3.63, 3.8) is 0 Å². The predicted octanol–water partition coefficient (Wildman–Crippen LogP) is 3.75. The Bertz CT molecular complexity index is 903. The number of hydrogen-bond donors (Lipinski definition) is 1. The van der Waals surface area contributed by atoms with E-state index < -0.39 is 0 Å². The van der Waals surface area contributed by atoms with E-state index in [-0.39, 0.29) is 12.3 Å². The van der Waals surface area contributed by atoms with Crippen molar-refractivity contribution in [1.82, 2.24) is 4.98 Å². The fourth-order valence-corrected chi connectivity index (χ4v) is 4.06. The van der Waals surface area contributed by atoms with Gasteiger partial charge in [-0.1, -0.05) is 30.3 Å². The minimum atomic E-state index is -0.0457. The summed E-state index contributed by atoms with van der Waals surface area (Å²) in [5.74, 6) is -0.0457. The summed E-state index contributed by atoms with van der Waals surface area (Å²) in [7, 11) is 0. The van der Waals surface area contributed by atoms with Crippen molar-refractivity contribution in [2.24, 2.45) is 0 Å². The predicted molar refractivity (Wildman–Crippen MR) is 113 cm³/mol. The standard InChI is InChI=1S/C22H23N3O2S/c26-21(15-19-16-28-22(24-19)14-17-4-2-1-3-5-17)23-18-6-8-20(9-7-18)25-10-12-27-13-11-25/h1-9,16H,10-15H2,(H,23,26). The first-order valence-corrected chi connectivity index (χ1v) is 10.3. The minimum absolute atomic E-state index is 0.0457. The van der Waals surface area contributed by atoms with E-state index in [1.165, 1.54) is 5.56 Å². The van der Waals surface area contributed by atoms with E-state index in [9.17, 15) is 4.79 Å². The van der Waals surface area contributed by atoms with Crippen molar-refractivity contribution < 1.29 is 9.53 Å². The van der Waals surface area contributed by atoms with E-state index in [2.05, 4.69) is 27.3 Å². The van der Waals surface area contributed by atoms with Crippen LogP contribution in [0.25, 0.3) is 0 Å². The molecule has 0 unspecified atom stereocenters. The number of nitrogens with zero attached hydrogens (tertiary/aromatic N) is 2. The molecule has 1 aliphatic rings. The lowest BCUT2D eigenvalue weighted by Crippen LogP contribution is -2.36. The highest BCUT2D eigenvalue weighted by atomic mass is 32.1. The highest BCUT2D eigenvalue weighted by Gasteiger charge is 2.12. The molecule has 6 heteroatoms. The number of thiazole rings is 1. The molecule has 0 spiro atoms. The van der Waals surface area contributed by atoms with Gasteiger partial charge in [0.1, 0.15) is 0 Å². The van der Waals surface area contributed by atoms with Crippen LogP contribution in [0.2, 0.25) is 0 Å². The number of amides is 1. The third kappa shape index (κ3) is 4.97. The Morgan fingerprint density at radius 1 is 1.07 bits per heavy atom. The summed E-state index contributed by atoms with van der Waals surface area (Å²) in [6.45, 7) is 3.33. The van der Waals surface area contributed by atoms with Crippen molar-refractivity contribution >= 4 is 28.6 Å². The molecule has 0 atom stereocenters. The van der Waals surface area contributed by atoms with Gasteiger partial charge in [-0.3, -0.25) is 4.79 Å². The molecule has 144 valence electrons. The number of carbonyl (C=O) groups excluding carboxylic acids is 1. The number of carbonyl (C=O) groups is 1. The van der Waals surface area contributed by atoms with Crippen molar-refractivity contribution in [3.05, 3.63) is 76.2 Å². The number of hydrogen-bond acceptors (Lipinski definition) is 5. The summed E-state index contributed by atoms with van der Waals surface area (Å²) in [4.78, 5) is 19.3. The first-order chi connectivity index (χ1) is 13.8. The van der Waals surface area contributed by atoms with Crippen LogP contribution in [0.3, 0.4) is 0 Å². The van der Waals surface area contributed by atoms with Crippen LogP contribution in [0.4, 0.5) is 11.4 Å². The monoisotopic (exact) mass is 393 g/mol. The molecule has 1 aromatic heterocycles. The van der Waals surface area contributed by atoms with Gasteiger partial charge in [-0.05, 0) is 29.8 Å². The fraction of sp³-hybridized carbons (Fsp3) is 0.273. The second-order valence-electron chi connectivity index (χ2n) is 6.77. The molecule has 1 amide bonds. The summed E-state index contributed by atoms with van der Waals surface area (Å²) < 4.78 is 5.39. The van der Waals surface area contributed by atoms with Gasteiger partial charge in [-0.15, -0.1) is 11.3 Å². The zero-order chi connectivity index (χ0) is 19.2. The van der Waals surface area contributed by atoms with E-state index in [4.69, 9.17) is 4.74 Å². The third-order valence-electron chi connectivity index (χ3n) is 4.67. The van der Waals surface area contributed by atoms with Crippen LogP contribution in [-0.4, -0.2) is 37.2 Å². The van der Waals surface area contributed by atoms with Gasteiger partial charge < -0.3 is 15.0 Å². The van der Waals surface area contributed by atoms with Gasteiger partial charge in [-0.25, -0.2) is 4.98 Å². The molecule has 0 saturated carbocycles. The minimum Gasteiger partial charge on any atom is -0.378 e. The third-order valence-corrected chi connectivity index (χ3v) is 5.56. The highest BCUT2D eigenvalue weighted by Crippen LogP contribution is 2.20. The van der Waals surface area contributed by atoms with Gasteiger partial charge in [0, 0.05) is 36.3 Å². The number of aromatic nitrogens is 1. The molecule has 28 heavy (non-hydrogen) atoms. The fourth-order valence-electron chi connectivity index (χ4n) is 3.23. The molecule has 1 N–H and O–H groups in total. The summed E-state index contributed by atoms with van der Waals surface area (Å²) >= 11 is 1.60. The maximum absolute atomic E-state index is 12.4. The van der Waals surface area contributed by atoms with Gasteiger partial charge in [0.2, 0.25) is 5.91 Å². The lowest BCUT2D eigenvalue weighted by Gasteiger charge is -2.28. The SMILES string of the molecule is O=C(Cc1csc(Cc2ccccc2)n1)Nc1ccc(N2CCOCC2)cc1. The number of morpholine rings is 1. The van der Waals surface area contributed by atoms with Crippen LogP contribution in [-0.2, 0) is 22.4 Å². The van der Waals surface area contributed by atoms with E-state index in [1.807, 2.05) is 47.8 Å². The Morgan fingerprint density at radius 3 is 2.57 bits per heavy atom. The molecule has 1 aliphatic heterocycles. The average Bonchev–Trinajstić information content (AvgIpc) is 3.16. The zero-order valence-electron chi connectivity index (χ0n) is 15.6. The molecule has 1 saturated heterocycles. The molecular formula is C22H23N3O2S.